The molecule has 1 nitrogen and oxygen atoms in total. The van der Waals surface area contributed by atoms with Crippen molar-refractivity contribution < 1.29 is 26.7 Å². The van der Waals surface area contributed by atoms with E-state index in [4.69, 9.17) is 0 Å². The lowest BCUT2D eigenvalue weighted by atomic mass is 9.68. The molecule has 0 aliphatic heterocycles. The zero-order valence-corrected chi connectivity index (χ0v) is 18.1. The molecule has 0 saturated heterocycles. The average molecular weight is 443 g/mol. The lowest BCUT2D eigenvalue weighted by Gasteiger charge is -2.45. The van der Waals surface area contributed by atoms with E-state index in [2.05, 4.69) is 18.6 Å². The van der Waals surface area contributed by atoms with Gasteiger partial charge in [0.15, 0.2) is 6.17 Å². The summed E-state index contributed by atoms with van der Waals surface area (Å²) in [4.78, 5) is 0. The summed E-state index contributed by atoms with van der Waals surface area (Å²) in [5.74, 6) is -0.890. The van der Waals surface area contributed by atoms with Gasteiger partial charge in [-0.2, -0.15) is 0 Å². The SMILES string of the molecule is CC(C)CCCC1CCC(C2(OC(F)(F)F)C=CC(c3ccccc3)=C(F)C2F)CC1. The van der Waals surface area contributed by atoms with Gasteiger partial charge in [0.05, 0.1) is 0 Å². The Kier molecular flexibility index (Phi) is 7.61. The number of alkyl halides is 4. The van der Waals surface area contributed by atoms with Crippen LogP contribution < -0.4 is 0 Å². The summed E-state index contributed by atoms with van der Waals surface area (Å²) in [5.41, 5.74) is -1.96. The maximum atomic E-state index is 15.4. The molecule has 0 aromatic heterocycles. The fourth-order valence-electron chi connectivity index (χ4n) is 4.99. The van der Waals surface area contributed by atoms with Crippen molar-refractivity contribution in [2.75, 3.05) is 0 Å². The number of halogens is 5. The van der Waals surface area contributed by atoms with Crippen LogP contribution in [0.3, 0.4) is 0 Å². The molecule has 1 fully saturated rings. The van der Waals surface area contributed by atoms with Crippen molar-refractivity contribution in [1.29, 1.82) is 0 Å². The van der Waals surface area contributed by atoms with Crippen molar-refractivity contribution in [3.8, 4) is 0 Å². The first-order chi connectivity index (χ1) is 14.6. The standard InChI is InChI=1S/C25H31F5O/c1-17(2)7-6-8-18-11-13-20(14-12-18)24(31-25(28,29)30)16-15-21(22(26)23(24)27)19-9-4-3-5-10-19/h3-5,9-10,15-18,20,23H,6-8,11-14H2,1-2H3. The van der Waals surface area contributed by atoms with Crippen LogP contribution in [0.15, 0.2) is 48.3 Å². The van der Waals surface area contributed by atoms with Crippen LogP contribution in [0.25, 0.3) is 5.57 Å². The van der Waals surface area contributed by atoms with Gasteiger partial charge in [-0.25, -0.2) is 8.78 Å². The quantitative estimate of drug-likeness (QED) is 0.387. The van der Waals surface area contributed by atoms with Crippen LogP contribution in [0, 0.1) is 17.8 Å². The van der Waals surface area contributed by atoms with Gasteiger partial charge in [-0.1, -0.05) is 82.4 Å². The molecule has 6 heteroatoms. The molecule has 1 saturated carbocycles. The summed E-state index contributed by atoms with van der Waals surface area (Å²) >= 11 is 0. The van der Waals surface area contributed by atoms with Crippen LogP contribution >= 0.6 is 0 Å². The molecule has 0 radical (unpaired) electrons. The van der Waals surface area contributed by atoms with Crippen LogP contribution in [0.4, 0.5) is 22.0 Å². The van der Waals surface area contributed by atoms with E-state index < -0.39 is 29.9 Å². The van der Waals surface area contributed by atoms with Crippen molar-refractivity contribution in [1.82, 2.24) is 0 Å². The van der Waals surface area contributed by atoms with Crippen molar-refractivity contribution >= 4 is 5.57 Å². The van der Waals surface area contributed by atoms with Gasteiger partial charge < -0.3 is 0 Å². The topological polar surface area (TPSA) is 9.23 Å². The molecule has 1 aromatic rings. The molecule has 2 aliphatic rings. The monoisotopic (exact) mass is 442 g/mol. The first-order valence-electron chi connectivity index (χ1n) is 11.2. The normalized spacial score (nSPS) is 29.6. The average Bonchev–Trinajstić information content (AvgIpc) is 2.71. The second kappa shape index (κ2) is 9.85. The van der Waals surface area contributed by atoms with Crippen LogP contribution in [-0.2, 0) is 4.74 Å². The lowest BCUT2D eigenvalue weighted by molar-refractivity contribution is -0.374. The predicted octanol–water partition coefficient (Wildman–Crippen LogP) is 8.18. The van der Waals surface area contributed by atoms with Crippen molar-refractivity contribution in [2.45, 2.75) is 76.9 Å². The highest BCUT2D eigenvalue weighted by molar-refractivity contribution is 5.78. The maximum absolute atomic E-state index is 15.4. The van der Waals surface area contributed by atoms with Gasteiger partial charge in [0, 0.05) is 5.57 Å². The second-order valence-electron chi connectivity index (χ2n) is 9.27. The molecule has 172 valence electrons. The fourth-order valence-corrected chi connectivity index (χ4v) is 4.99. The Labute approximate surface area is 181 Å². The third-order valence-electron chi connectivity index (χ3n) is 6.64. The minimum atomic E-state index is -5.06. The smallest absolute Gasteiger partial charge is 0.277 e. The molecule has 1 aromatic carbocycles. The highest BCUT2D eigenvalue weighted by atomic mass is 19.4. The molecular weight excluding hydrogens is 411 g/mol. The molecule has 0 spiro atoms. The van der Waals surface area contributed by atoms with Gasteiger partial charge in [-0.15, -0.1) is 13.2 Å². The Morgan fingerprint density at radius 1 is 1.06 bits per heavy atom. The molecule has 3 rings (SSSR count). The molecule has 0 heterocycles. The number of hydrogen-bond donors (Lipinski definition) is 0. The van der Waals surface area contributed by atoms with E-state index in [0.29, 0.717) is 43.1 Å². The zero-order chi connectivity index (χ0) is 22.6. The van der Waals surface area contributed by atoms with Crippen LogP contribution in [0.2, 0.25) is 0 Å². The number of allylic oxidation sites excluding steroid dienone is 2. The highest BCUT2D eigenvalue weighted by Gasteiger charge is 2.56. The lowest BCUT2D eigenvalue weighted by Crippen LogP contribution is -2.53. The molecule has 2 atom stereocenters. The van der Waals surface area contributed by atoms with Gasteiger partial charge in [0.1, 0.15) is 11.4 Å². The largest absolute Gasteiger partial charge is 0.523 e. The molecular formula is C25H31F5O. The Morgan fingerprint density at radius 2 is 1.71 bits per heavy atom. The van der Waals surface area contributed by atoms with Gasteiger partial charge in [0.25, 0.3) is 0 Å². The van der Waals surface area contributed by atoms with E-state index in [1.807, 2.05) is 0 Å². The van der Waals surface area contributed by atoms with Gasteiger partial charge in [-0.3, -0.25) is 4.74 Å². The van der Waals surface area contributed by atoms with Crippen LogP contribution in [0.5, 0.6) is 0 Å². The molecule has 0 amide bonds. The summed E-state index contributed by atoms with van der Waals surface area (Å²) in [6.45, 7) is 4.33. The summed E-state index contributed by atoms with van der Waals surface area (Å²) in [6.07, 6.45) is 0.231. The molecule has 2 unspecified atom stereocenters. The van der Waals surface area contributed by atoms with Gasteiger partial charge >= 0.3 is 6.36 Å². The van der Waals surface area contributed by atoms with E-state index in [-0.39, 0.29) is 5.57 Å². The minimum absolute atomic E-state index is 0.0307. The highest BCUT2D eigenvalue weighted by Crippen LogP contribution is 2.49. The van der Waals surface area contributed by atoms with E-state index >= 15 is 8.78 Å². The molecule has 0 bridgehead atoms. The Hall–Kier alpha value is -1.69. The van der Waals surface area contributed by atoms with Gasteiger partial charge in [0.2, 0.25) is 0 Å². The van der Waals surface area contributed by atoms with E-state index in [9.17, 15) is 13.2 Å². The Morgan fingerprint density at radius 3 is 2.29 bits per heavy atom. The maximum Gasteiger partial charge on any atom is 0.523 e. The van der Waals surface area contributed by atoms with E-state index in [0.717, 1.165) is 25.3 Å². The Bertz CT molecular complexity index is 775. The fraction of sp³-hybridized carbons (Fsp3) is 0.600. The number of ether oxygens (including phenoxy) is 1. The Balaban J connectivity index is 1.79. The van der Waals surface area contributed by atoms with Crippen LogP contribution in [-0.4, -0.2) is 18.1 Å². The number of benzene rings is 1. The first-order valence-corrected chi connectivity index (χ1v) is 11.2. The first kappa shape index (κ1) is 24.0. The van der Waals surface area contributed by atoms with Crippen molar-refractivity contribution in [2.24, 2.45) is 17.8 Å². The summed E-state index contributed by atoms with van der Waals surface area (Å²) < 4.78 is 74.8. The summed E-state index contributed by atoms with van der Waals surface area (Å²) in [5, 5.41) is 0. The third-order valence-corrected chi connectivity index (χ3v) is 6.64. The molecule has 31 heavy (non-hydrogen) atoms. The number of rotatable bonds is 7. The number of hydrogen-bond acceptors (Lipinski definition) is 1. The summed E-state index contributed by atoms with van der Waals surface area (Å²) in [6, 6.07) is 8.28. The van der Waals surface area contributed by atoms with E-state index in [1.54, 1.807) is 30.3 Å². The minimum Gasteiger partial charge on any atom is -0.277 e. The predicted molar refractivity (Wildman–Crippen MR) is 113 cm³/mol. The molecule has 2 aliphatic carbocycles. The molecule has 0 N–H and O–H groups in total. The van der Waals surface area contributed by atoms with E-state index in [1.165, 1.54) is 6.08 Å². The third kappa shape index (κ3) is 5.76. The van der Waals surface area contributed by atoms with Gasteiger partial charge in [-0.05, 0) is 42.2 Å². The zero-order valence-electron chi connectivity index (χ0n) is 18.1. The van der Waals surface area contributed by atoms with Crippen molar-refractivity contribution in [3.63, 3.8) is 0 Å². The summed E-state index contributed by atoms with van der Waals surface area (Å²) in [7, 11) is 0. The second-order valence-corrected chi connectivity index (χ2v) is 9.27. The van der Waals surface area contributed by atoms with Crippen molar-refractivity contribution in [3.05, 3.63) is 53.9 Å². The van der Waals surface area contributed by atoms with Crippen LogP contribution in [0.1, 0.15) is 64.4 Å².